The van der Waals surface area contributed by atoms with Gasteiger partial charge in [-0.1, -0.05) is 19.8 Å². The number of carbonyl (C=O) groups is 2. The van der Waals surface area contributed by atoms with E-state index in [4.69, 9.17) is 5.11 Å². The molecular weight excluding hydrogens is 244 g/mol. The normalized spacial score (nSPS) is 31.8. The number of carbonyl (C=O) groups excluding carboxylic acids is 1. The van der Waals surface area contributed by atoms with Gasteiger partial charge in [-0.15, -0.1) is 0 Å². The average Bonchev–Trinajstić information content (AvgIpc) is 2.77. The summed E-state index contributed by atoms with van der Waals surface area (Å²) in [5, 5.41) is 12.1. The first-order chi connectivity index (χ1) is 9.08. The first kappa shape index (κ1) is 14.2. The van der Waals surface area contributed by atoms with Crippen molar-refractivity contribution in [2.75, 3.05) is 6.54 Å². The Morgan fingerprint density at radius 3 is 2.63 bits per heavy atom. The Bertz CT molecular complexity index is 346. The maximum atomic E-state index is 12.2. The third kappa shape index (κ3) is 3.61. The van der Waals surface area contributed by atoms with Gasteiger partial charge in [0, 0.05) is 12.6 Å². The van der Waals surface area contributed by atoms with Gasteiger partial charge < -0.3 is 15.3 Å². The van der Waals surface area contributed by atoms with Crippen LogP contribution in [0.2, 0.25) is 0 Å². The van der Waals surface area contributed by atoms with Crippen LogP contribution >= 0.6 is 0 Å². The zero-order valence-electron chi connectivity index (χ0n) is 11.6. The molecule has 5 heteroatoms. The highest BCUT2D eigenvalue weighted by Crippen LogP contribution is 2.23. The lowest BCUT2D eigenvalue weighted by molar-refractivity contribution is -0.141. The van der Waals surface area contributed by atoms with Crippen molar-refractivity contribution in [1.82, 2.24) is 10.2 Å². The molecule has 0 aromatic heterocycles. The molecular formula is C14H24N2O3. The second kappa shape index (κ2) is 6.26. The number of carboxylic acid groups (broad SMARTS) is 1. The lowest BCUT2D eigenvalue weighted by Gasteiger charge is -2.25. The third-order valence-electron chi connectivity index (χ3n) is 4.38. The molecule has 0 radical (unpaired) electrons. The molecule has 2 fully saturated rings. The quantitative estimate of drug-likeness (QED) is 0.754. The topological polar surface area (TPSA) is 69.6 Å². The maximum Gasteiger partial charge on any atom is 0.326 e. The van der Waals surface area contributed by atoms with Gasteiger partial charge in [0.1, 0.15) is 6.04 Å². The lowest BCUT2D eigenvalue weighted by atomic mass is 10.0. The Kier molecular flexibility index (Phi) is 4.66. The Morgan fingerprint density at radius 1 is 1.11 bits per heavy atom. The van der Waals surface area contributed by atoms with E-state index in [9.17, 15) is 9.59 Å². The van der Waals surface area contributed by atoms with E-state index in [1.165, 1.54) is 11.3 Å². The molecule has 1 aliphatic heterocycles. The molecule has 3 atom stereocenters. The van der Waals surface area contributed by atoms with Crippen LogP contribution in [0.3, 0.4) is 0 Å². The van der Waals surface area contributed by atoms with Crippen molar-refractivity contribution in [1.29, 1.82) is 0 Å². The number of aliphatic carboxylic acids is 1. The van der Waals surface area contributed by atoms with Crippen molar-refractivity contribution in [3.05, 3.63) is 0 Å². The number of nitrogens with one attached hydrogen (secondary N) is 1. The summed E-state index contributed by atoms with van der Waals surface area (Å²) in [6, 6.07) is -0.610. The van der Waals surface area contributed by atoms with Crippen molar-refractivity contribution in [2.45, 2.75) is 64.0 Å². The summed E-state index contributed by atoms with van der Waals surface area (Å²) < 4.78 is 0. The number of urea groups is 1. The molecule has 1 saturated heterocycles. The molecule has 2 amide bonds. The van der Waals surface area contributed by atoms with Crippen LogP contribution in [0.25, 0.3) is 0 Å². The highest BCUT2D eigenvalue weighted by Gasteiger charge is 2.34. The number of hydrogen-bond acceptors (Lipinski definition) is 2. The molecule has 1 saturated carbocycles. The van der Waals surface area contributed by atoms with Crippen molar-refractivity contribution < 1.29 is 14.7 Å². The van der Waals surface area contributed by atoms with E-state index in [1.807, 2.05) is 0 Å². The number of hydrogen-bond donors (Lipinski definition) is 2. The molecule has 0 bridgehead atoms. The van der Waals surface area contributed by atoms with Gasteiger partial charge in [0.25, 0.3) is 0 Å². The van der Waals surface area contributed by atoms with E-state index < -0.39 is 12.0 Å². The molecule has 2 rings (SSSR count). The van der Waals surface area contributed by atoms with Gasteiger partial charge >= 0.3 is 12.0 Å². The molecule has 19 heavy (non-hydrogen) atoms. The molecule has 3 unspecified atom stereocenters. The van der Waals surface area contributed by atoms with Gasteiger partial charge in [0.15, 0.2) is 0 Å². The molecule has 108 valence electrons. The largest absolute Gasteiger partial charge is 0.480 e. The minimum absolute atomic E-state index is 0.190. The number of carboxylic acids is 1. The summed E-state index contributed by atoms with van der Waals surface area (Å²) in [6.45, 7) is 2.82. The minimum Gasteiger partial charge on any atom is -0.480 e. The Morgan fingerprint density at radius 2 is 1.89 bits per heavy atom. The first-order valence-electron chi connectivity index (χ1n) is 7.38. The van der Waals surface area contributed by atoms with Crippen LogP contribution in [0, 0.1) is 5.92 Å². The van der Waals surface area contributed by atoms with E-state index in [1.54, 1.807) is 0 Å². The molecule has 2 N–H and O–H groups in total. The highest BCUT2D eigenvalue weighted by molar-refractivity contribution is 5.83. The van der Waals surface area contributed by atoms with Gasteiger partial charge in [-0.05, 0) is 38.0 Å². The van der Waals surface area contributed by atoms with Gasteiger partial charge in [0.05, 0.1) is 0 Å². The Hall–Kier alpha value is -1.26. The van der Waals surface area contributed by atoms with Crippen LogP contribution in [-0.2, 0) is 4.79 Å². The predicted molar refractivity (Wildman–Crippen MR) is 71.9 cm³/mol. The standard InChI is InChI=1S/C14H24N2O3/c1-10-4-2-5-11(8-7-10)15-14(19)16-9-3-6-12(16)13(17)18/h10-12H,2-9H2,1H3,(H,15,19)(H,17,18). The fourth-order valence-electron chi connectivity index (χ4n) is 3.16. The summed E-state index contributed by atoms with van der Waals surface area (Å²) >= 11 is 0. The van der Waals surface area contributed by atoms with Crippen molar-refractivity contribution in [2.24, 2.45) is 5.92 Å². The van der Waals surface area contributed by atoms with Crippen molar-refractivity contribution in [3.63, 3.8) is 0 Å². The monoisotopic (exact) mass is 268 g/mol. The highest BCUT2D eigenvalue weighted by atomic mass is 16.4. The van der Waals surface area contributed by atoms with Crippen LogP contribution in [0.1, 0.15) is 51.9 Å². The van der Waals surface area contributed by atoms with Crippen molar-refractivity contribution >= 4 is 12.0 Å². The van der Waals surface area contributed by atoms with Crippen molar-refractivity contribution in [3.8, 4) is 0 Å². The fourth-order valence-corrected chi connectivity index (χ4v) is 3.16. The molecule has 0 aromatic rings. The first-order valence-corrected chi connectivity index (χ1v) is 7.38. The number of likely N-dealkylation sites (tertiary alicyclic amines) is 1. The molecule has 2 aliphatic rings. The number of amides is 2. The van der Waals surface area contributed by atoms with Gasteiger partial charge in [-0.3, -0.25) is 0 Å². The van der Waals surface area contributed by atoms with E-state index in [2.05, 4.69) is 12.2 Å². The predicted octanol–water partition coefficient (Wildman–Crippen LogP) is 2.21. The molecule has 1 heterocycles. The Balaban J connectivity index is 1.88. The molecule has 1 aliphatic carbocycles. The summed E-state index contributed by atoms with van der Waals surface area (Å²) in [5.74, 6) is -0.150. The van der Waals surface area contributed by atoms with Crippen LogP contribution < -0.4 is 5.32 Å². The lowest BCUT2D eigenvalue weighted by Crippen LogP contribution is -2.49. The van der Waals surface area contributed by atoms with Crippen LogP contribution in [0.5, 0.6) is 0 Å². The van der Waals surface area contributed by atoms with Crippen LogP contribution in [-0.4, -0.2) is 40.6 Å². The minimum atomic E-state index is -0.887. The molecule has 5 nitrogen and oxygen atoms in total. The number of rotatable bonds is 2. The van der Waals surface area contributed by atoms with E-state index >= 15 is 0 Å². The smallest absolute Gasteiger partial charge is 0.326 e. The zero-order chi connectivity index (χ0) is 13.8. The third-order valence-corrected chi connectivity index (χ3v) is 4.38. The summed E-state index contributed by atoms with van der Waals surface area (Å²) in [5.41, 5.74) is 0. The van der Waals surface area contributed by atoms with E-state index in [-0.39, 0.29) is 12.1 Å². The van der Waals surface area contributed by atoms with Crippen LogP contribution in [0.4, 0.5) is 4.79 Å². The zero-order valence-corrected chi connectivity index (χ0v) is 11.6. The van der Waals surface area contributed by atoms with Gasteiger partial charge in [-0.2, -0.15) is 0 Å². The van der Waals surface area contributed by atoms with E-state index in [0.717, 1.165) is 38.0 Å². The van der Waals surface area contributed by atoms with E-state index in [0.29, 0.717) is 13.0 Å². The summed E-state index contributed by atoms with van der Waals surface area (Å²) in [6.07, 6.45) is 6.91. The molecule has 0 spiro atoms. The second-order valence-electron chi connectivity index (χ2n) is 5.95. The number of nitrogens with zero attached hydrogens (tertiary/aromatic N) is 1. The summed E-state index contributed by atoms with van der Waals surface area (Å²) in [7, 11) is 0. The maximum absolute atomic E-state index is 12.2. The van der Waals surface area contributed by atoms with Gasteiger partial charge in [-0.25, -0.2) is 9.59 Å². The molecule has 0 aromatic carbocycles. The SMILES string of the molecule is CC1CCCC(NC(=O)N2CCCC2C(=O)O)CC1. The average molecular weight is 268 g/mol. The summed E-state index contributed by atoms with van der Waals surface area (Å²) in [4.78, 5) is 24.7. The fraction of sp³-hybridized carbons (Fsp3) is 0.857. The Labute approximate surface area is 114 Å². The van der Waals surface area contributed by atoms with Gasteiger partial charge in [0.2, 0.25) is 0 Å². The second-order valence-corrected chi connectivity index (χ2v) is 5.95. The van der Waals surface area contributed by atoms with Crippen LogP contribution in [0.15, 0.2) is 0 Å².